The highest BCUT2D eigenvalue weighted by atomic mass is 16.6. The quantitative estimate of drug-likeness (QED) is 0.223. The van der Waals surface area contributed by atoms with Crippen molar-refractivity contribution in [2.45, 2.75) is 44.9 Å². The van der Waals surface area contributed by atoms with Gasteiger partial charge in [-0.15, -0.1) is 0 Å². The third-order valence-electron chi connectivity index (χ3n) is 8.14. The van der Waals surface area contributed by atoms with Crippen LogP contribution in [0.5, 0.6) is 0 Å². The maximum atomic E-state index is 13.9. The minimum atomic E-state index is -0.673. The van der Waals surface area contributed by atoms with Crippen molar-refractivity contribution in [2.24, 2.45) is 0 Å². The van der Waals surface area contributed by atoms with Crippen molar-refractivity contribution in [3.05, 3.63) is 112 Å². The van der Waals surface area contributed by atoms with Gasteiger partial charge in [0.1, 0.15) is 6.10 Å². The summed E-state index contributed by atoms with van der Waals surface area (Å²) in [7, 11) is 1.25. The van der Waals surface area contributed by atoms with Crippen LogP contribution in [-0.2, 0) is 21.3 Å². The van der Waals surface area contributed by atoms with Crippen LogP contribution in [0.3, 0.4) is 0 Å². The number of methoxy groups -OCH3 is 1. The van der Waals surface area contributed by atoms with E-state index >= 15 is 0 Å². The van der Waals surface area contributed by atoms with Crippen LogP contribution in [0.15, 0.2) is 78.9 Å². The summed E-state index contributed by atoms with van der Waals surface area (Å²) in [4.78, 5) is 54.4. The number of benzene rings is 4. The molecule has 9 heteroatoms. The summed E-state index contributed by atoms with van der Waals surface area (Å²) in [6, 6.07) is 23.4. The molecule has 1 saturated heterocycles. The van der Waals surface area contributed by atoms with Crippen molar-refractivity contribution in [1.29, 1.82) is 0 Å². The second kappa shape index (κ2) is 11.2. The number of fused-ring (bicyclic) bond motifs is 4. The van der Waals surface area contributed by atoms with E-state index in [9.17, 15) is 19.2 Å². The molecular formula is C35H33N3O6. The number of epoxide rings is 1. The van der Waals surface area contributed by atoms with Gasteiger partial charge in [0.25, 0.3) is 17.7 Å². The molecule has 2 atom stereocenters. The molecule has 6 rings (SSSR count). The molecule has 44 heavy (non-hydrogen) atoms. The monoisotopic (exact) mass is 591 g/mol. The Labute approximate surface area is 255 Å². The van der Waals surface area contributed by atoms with Crippen LogP contribution in [-0.4, -0.2) is 48.6 Å². The molecule has 2 aliphatic rings. The highest BCUT2D eigenvalue weighted by Crippen LogP contribution is 2.45. The van der Waals surface area contributed by atoms with Crippen molar-refractivity contribution in [3.63, 3.8) is 0 Å². The zero-order chi connectivity index (χ0) is 31.2. The standard InChI is InChI=1S/C35H33N3O6/c1-35(2,3)22-17-21(18-23(19-22)36-34(42)43-4)30(39)37-31(40)27-13-14-28(26-12-8-7-11-25(26)27)32(41)38-16-15-20-9-5-6-10-24(20)29-33(38)44-29/h5-14,17-19,29,33H,15-16H2,1-4H3,(H,36,42)(H,37,39,40). The zero-order valence-corrected chi connectivity index (χ0v) is 25.0. The van der Waals surface area contributed by atoms with E-state index in [-0.39, 0.29) is 34.8 Å². The lowest BCUT2D eigenvalue weighted by atomic mass is 9.85. The van der Waals surface area contributed by atoms with E-state index in [0.717, 1.165) is 17.5 Å². The minimum absolute atomic E-state index is 0.139. The van der Waals surface area contributed by atoms with E-state index in [0.29, 0.717) is 28.6 Å². The summed E-state index contributed by atoms with van der Waals surface area (Å²) in [6.07, 6.45) is -0.410. The number of ether oxygens (including phenoxy) is 2. The molecule has 224 valence electrons. The van der Waals surface area contributed by atoms with Gasteiger partial charge in [-0.25, -0.2) is 4.79 Å². The first-order valence-corrected chi connectivity index (χ1v) is 14.5. The third kappa shape index (κ3) is 5.54. The first kappa shape index (κ1) is 29.1. The van der Waals surface area contributed by atoms with Crippen LogP contribution in [0.25, 0.3) is 10.8 Å². The molecule has 0 spiro atoms. The molecule has 4 aromatic carbocycles. The van der Waals surface area contributed by atoms with Crippen LogP contribution in [0, 0.1) is 0 Å². The third-order valence-corrected chi connectivity index (χ3v) is 8.14. The topological polar surface area (TPSA) is 117 Å². The maximum Gasteiger partial charge on any atom is 0.411 e. The summed E-state index contributed by atoms with van der Waals surface area (Å²) in [5, 5.41) is 6.24. The molecule has 4 aromatic rings. The molecule has 0 radical (unpaired) electrons. The summed E-state index contributed by atoms with van der Waals surface area (Å²) in [6.45, 7) is 6.45. The number of carbonyl (C=O) groups excluding carboxylic acids is 4. The number of anilines is 1. The van der Waals surface area contributed by atoms with Gasteiger partial charge in [-0.2, -0.15) is 0 Å². The van der Waals surface area contributed by atoms with Gasteiger partial charge in [-0.1, -0.05) is 69.3 Å². The van der Waals surface area contributed by atoms with E-state index < -0.39 is 17.9 Å². The van der Waals surface area contributed by atoms with Crippen LogP contribution in [0.2, 0.25) is 0 Å². The number of hydrogen-bond donors (Lipinski definition) is 2. The Morgan fingerprint density at radius 2 is 1.55 bits per heavy atom. The summed E-state index contributed by atoms with van der Waals surface area (Å²) < 4.78 is 10.6. The second-order valence-electron chi connectivity index (χ2n) is 12.0. The predicted molar refractivity (Wildman–Crippen MR) is 166 cm³/mol. The van der Waals surface area contributed by atoms with Gasteiger partial charge in [0.2, 0.25) is 0 Å². The fourth-order valence-electron chi connectivity index (χ4n) is 5.71. The average Bonchev–Trinajstić information content (AvgIpc) is 3.81. The van der Waals surface area contributed by atoms with Crippen LogP contribution in [0.1, 0.15) is 74.6 Å². The van der Waals surface area contributed by atoms with Gasteiger partial charge in [0.15, 0.2) is 6.23 Å². The molecule has 2 N–H and O–H groups in total. The van der Waals surface area contributed by atoms with Crippen molar-refractivity contribution in [2.75, 3.05) is 19.0 Å². The Balaban J connectivity index is 1.27. The molecule has 0 saturated carbocycles. The smallest absolute Gasteiger partial charge is 0.411 e. The number of nitrogens with zero attached hydrogens (tertiary/aromatic N) is 1. The summed E-state index contributed by atoms with van der Waals surface area (Å²) >= 11 is 0. The fraction of sp³-hybridized carbons (Fsp3) is 0.257. The number of carbonyl (C=O) groups is 4. The number of imide groups is 1. The second-order valence-corrected chi connectivity index (χ2v) is 12.0. The lowest BCUT2D eigenvalue weighted by Crippen LogP contribution is -2.35. The molecule has 0 aromatic heterocycles. The summed E-state index contributed by atoms with van der Waals surface area (Å²) in [5.41, 5.74) is 4.04. The lowest BCUT2D eigenvalue weighted by Gasteiger charge is -2.21. The highest BCUT2D eigenvalue weighted by molar-refractivity contribution is 6.18. The van der Waals surface area contributed by atoms with Crippen LogP contribution in [0.4, 0.5) is 10.5 Å². The van der Waals surface area contributed by atoms with Gasteiger partial charge in [-0.3, -0.25) is 25.0 Å². The number of rotatable bonds is 4. The SMILES string of the molecule is COC(=O)Nc1cc(C(=O)NC(=O)c2ccc(C(=O)N3CCc4ccccc4C4OC43)c3ccccc23)cc(C(C)(C)C)c1. The molecule has 0 aliphatic carbocycles. The normalized spacial score (nSPS) is 17.1. The van der Waals surface area contributed by atoms with Crippen molar-refractivity contribution < 1.29 is 28.7 Å². The molecule has 2 heterocycles. The Morgan fingerprint density at radius 1 is 0.864 bits per heavy atom. The number of amides is 4. The van der Waals surface area contributed by atoms with Crippen molar-refractivity contribution in [3.8, 4) is 0 Å². The van der Waals surface area contributed by atoms with Crippen molar-refractivity contribution >= 4 is 40.3 Å². The van der Waals surface area contributed by atoms with Gasteiger partial charge in [0.05, 0.1) is 7.11 Å². The van der Waals surface area contributed by atoms with E-state index in [1.54, 1.807) is 47.4 Å². The van der Waals surface area contributed by atoms with E-state index in [2.05, 4.69) is 16.7 Å². The van der Waals surface area contributed by atoms with Crippen LogP contribution < -0.4 is 10.6 Å². The molecule has 2 aliphatic heterocycles. The molecular weight excluding hydrogens is 558 g/mol. The Kier molecular flexibility index (Phi) is 7.43. The fourth-order valence-corrected chi connectivity index (χ4v) is 5.71. The molecule has 0 bridgehead atoms. The molecule has 2 unspecified atom stereocenters. The number of nitrogens with one attached hydrogen (secondary N) is 2. The Bertz CT molecular complexity index is 1830. The first-order valence-electron chi connectivity index (χ1n) is 14.5. The van der Waals surface area contributed by atoms with Gasteiger partial charge in [-0.05, 0) is 69.6 Å². The first-order chi connectivity index (χ1) is 21.0. The largest absolute Gasteiger partial charge is 0.453 e. The molecule has 1 fully saturated rings. The van der Waals surface area contributed by atoms with E-state index in [1.807, 2.05) is 45.0 Å². The Hall–Kier alpha value is -5.02. The lowest BCUT2D eigenvalue weighted by molar-refractivity contribution is 0.0673. The van der Waals surface area contributed by atoms with Gasteiger partial charge >= 0.3 is 6.09 Å². The van der Waals surface area contributed by atoms with Gasteiger partial charge < -0.3 is 14.4 Å². The molecule has 9 nitrogen and oxygen atoms in total. The van der Waals surface area contributed by atoms with E-state index in [1.165, 1.54) is 18.7 Å². The Morgan fingerprint density at radius 3 is 2.27 bits per heavy atom. The predicted octanol–water partition coefficient (Wildman–Crippen LogP) is 5.98. The average molecular weight is 592 g/mol. The molecule has 4 amide bonds. The summed E-state index contributed by atoms with van der Waals surface area (Å²) in [5.74, 6) is -1.40. The highest BCUT2D eigenvalue weighted by Gasteiger charge is 2.49. The van der Waals surface area contributed by atoms with Crippen molar-refractivity contribution in [1.82, 2.24) is 10.2 Å². The van der Waals surface area contributed by atoms with Gasteiger partial charge in [0, 0.05) is 28.9 Å². The zero-order valence-electron chi connectivity index (χ0n) is 25.0. The minimum Gasteiger partial charge on any atom is -0.453 e. The number of hydrogen-bond acceptors (Lipinski definition) is 6. The maximum absolute atomic E-state index is 13.9. The van der Waals surface area contributed by atoms with Crippen LogP contribution >= 0.6 is 0 Å². The van der Waals surface area contributed by atoms with E-state index in [4.69, 9.17) is 9.47 Å².